The Morgan fingerprint density at radius 3 is 2.76 bits per heavy atom. The largest absolute Gasteiger partial charge is 0.371 e. The summed E-state index contributed by atoms with van der Waals surface area (Å²) in [6.07, 6.45) is 3.31. The minimum absolute atomic E-state index is 0.0204. The highest BCUT2D eigenvalue weighted by Crippen LogP contribution is 2.35. The number of sulfonamides is 1. The number of nitrogens with one attached hydrogen (secondary N) is 1. The molecule has 2 aliphatic heterocycles. The summed E-state index contributed by atoms with van der Waals surface area (Å²) >= 11 is 0. The van der Waals surface area contributed by atoms with E-state index in [1.54, 1.807) is 18.2 Å². The summed E-state index contributed by atoms with van der Waals surface area (Å²) in [6.45, 7) is 2.44. The van der Waals surface area contributed by atoms with Crippen LogP contribution in [0.25, 0.3) is 0 Å². The lowest BCUT2D eigenvalue weighted by Crippen LogP contribution is -2.49. The Morgan fingerprint density at radius 1 is 1.28 bits per heavy atom. The molecule has 1 N–H and O–H groups in total. The summed E-state index contributed by atoms with van der Waals surface area (Å²) in [5.41, 5.74) is 0.912. The van der Waals surface area contributed by atoms with E-state index in [1.807, 2.05) is 13.0 Å². The van der Waals surface area contributed by atoms with E-state index in [9.17, 15) is 13.2 Å². The average molecular weight is 364 g/mol. The van der Waals surface area contributed by atoms with Crippen molar-refractivity contribution in [1.82, 2.24) is 9.62 Å². The van der Waals surface area contributed by atoms with Gasteiger partial charge in [-0.05, 0) is 50.3 Å². The van der Waals surface area contributed by atoms with Crippen LogP contribution < -0.4 is 5.32 Å². The molecular weight excluding hydrogens is 340 g/mol. The van der Waals surface area contributed by atoms with Gasteiger partial charge in [-0.15, -0.1) is 0 Å². The summed E-state index contributed by atoms with van der Waals surface area (Å²) in [4.78, 5) is 12.8. The van der Waals surface area contributed by atoms with Crippen molar-refractivity contribution in [2.24, 2.45) is 5.92 Å². The van der Waals surface area contributed by atoms with Gasteiger partial charge in [0.2, 0.25) is 15.9 Å². The van der Waals surface area contributed by atoms with Crippen molar-refractivity contribution in [3.63, 3.8) is 0 Å². The van der Waals surface area contributed by atoms with Gasteiger partial charge in [-0.25, -0.2) is 8.42 Å². The summed E-state index contributed by atoms with van der Waals surface area (Å²) in [5, 5.41) is 3.08. The molecule has 1 aliphatic carbocycles. The molecule has 136 valence electrons. The third-order valence-electron chi connectivity index (χ3n) is 5.54. The number of amides is 1. The Morgan fingerprint density at radius 2 is 2.08 bits per heavy atom. The molecule has 6 nitrogen and oxygen atoms in total. The topological polar surface area (TPSA) is 75.7 Å². The second-order valence-electron chi connectivity index (χ2n) is 7.41. The zero-order chi connectivity index (χ0) is 17.6. The van der Waals surface area contributed by atoms with E-state index in [0.717, 1.165) is 18.4 Å². The van der Waals surface area contributed by atoms with E-state index in [2.05, 4.69) is 5.32 Å². The lowest BCUT2D eigenvalue weighted by atomic mass is 9.91. The molecule has 1 aromatic carbocycles. The molecule has 3 fully saturated rings. The lowest BCUT2D eigenvalue weighted by molar-refractivity contribution is -0.128. The van der Waals surface area contributed by atoms with Crippen molar-refractivity contribution in [3.05, 3.63) is 29.8 Å². The molecule has 0 aromatic heterocycles. The second kappa shape index (κ2) is 6.37. The van der Waals surface area contributed by atoms with E-state index in [4.69, 9.17) is 4.74 Å². The molecule has 2 saturated heterocycles. The summed E-state index contributed by atoms with van der Waals surface area (Å²) in [5.74, 6) is -0.227. The zero-order valence-electron chi connectivity index (χ0n) is 14.3. The molecule has 7 heteroatoms. The minimum atomic E-state index is -3.55. The Kier molecular flexibility index (Phi) is 4.33. The molecule has 1 amide bonds. The van der Waals surface area contributed by atoms with Crippen LogP contribution in [0.4, 0.5) is 0 Å². The summed E-state index contributed by atoms with van der Waals surface area (Å²) in [6, 6.07) is 7.24. The summed E-state index contributed by atoms with van der Waals surface area (Å²) < 4.78 is 33.2. The maximum atomic E-state index is 12.9. The van der Waals surface area contributed by atoms with Crippen LogP contribution in [0.3, 0.4) is 0 Å². The molecule has 3 aliphatic rings. The molecule has 0 radical (unpaired) electrons. The van der Waals surface area contributed by atoms with Crippen LogP contribution in [0.2, 0.25) is 0 Å². The molecular formula is C18H24N2O4S. The molecule has 0 spiro atoms. The van der Waals surface area contributed by atoms with Crippen molar-refractivity contribution in [3.8, 4) is 0 Å². The lowest BCUT2D eigenvalue weighted by Gasteiger charge is -2.32. The van der Waals surface area contributed by atoms with Gasteiger partial charge in [-0.2, -0.15) is 4.31 Å². The first kappa shape index (κ1) is 17.0. The Hall–Kier alpha value is -1.44. The number of hydrogen-bond acceptors (Lipinski definition) is 4. The normalized spacial score (nSPS) is 30.0. The fourth-order valence-electron chi connectivity index (χ4n) is 3.88. The van der Waals surface area contributed by atoms with Crippen LogP contribution >= 0.6 is 0 Å². The number of fused-ring (bicyclic) bond motifs is 2. The first-order valence-corrected chi connectivity index (χ1v) is 10.4. The van der Waals surface area contributed by atoms with E-state index in [0.29, 0.717) is 23.9 Å². The summed E-state index contributed by atoms with van der Waals surface area (Å²) in [7, 11) is -3.55. The number of carbonyl (C=O) groups excluding carboxylic acids is 1. The van der Waals surface area contributed by atoms with Crippen LogP contribution in [0.15, 0.2) is 29.2 Å². The van der Waals surface area contributed by atoms with Crippen molar-refractivity contribution >= 4 is 15.9 Å². The molecule has 2 bridgehead atoms. The van der Waals surface area contributed by atoms with Crippen molar-refractivity contribution in [2.45, 2.75) is 55.8 Å². The van der Waals surface area contributed by atoms with E-state index >= 15 is 0 Å². The molecule has 1 aromatic rings. The number of nitrogens with zero attached hydrogens (tertiary/aromatic N) is 1. The first-order valence-electron chi connectivity index (χ1n) is 8.96. The van der Waals surface area contributed by atoms with Gasteiger partial charge < -0.3 is 10.1 Å². The number of rotatable bonds is 4. The molecule has 1 saturated carbocycles. The van der Waals surface area contributed by atoms with E-state index < -0.39 is 10.0 Å². The Bertz CT molecular complexity index is 775. The van der Waals surface area contributed by atoms with Gasteiger partial charge in [0.25, 0.3) is 0 Å². The van der Waals surface area contributed by atoms with Crippen LogP contribution in [-0.2, 0) is 19.6 Å². The van der Waals surface area contributed by atoms with Gasteiger partial charge in [0.05, 0.1) is 23.0 Å². The smallest absolute Gasteiger partial charge is 0.243 e. The average Bonchev–Trinajstić information content (AvgIpc) is 2.84. The van der Waals surface area contributed by atoms with Crippen molar-refractivity contribution in [2.75, 3.05) is 13.1 Å². The van der Waals surface area contributed by atoms with Crippen molar-refractivity contribution < 1.29 is 17.9 Å². The highest BCUT2D eigenvalue weighted by Gasteiger charge is 2.47. The first-order chi connectivity index (χ1) is 11.9. The Balaban J connectivity index is 1.49. The van der Waals surface area contributed by atoms with Gasteiger partial charge in [-0.3, -0.25) is 4.79 Å². The molecule has 25 heavy (non-hydrogen) atoms. The third kappa shape index (κ3) is 3.20. The van der Waals surface area contributed by atoms with Gasteiger partial charge >= 0.3 is 0 Å². The standard InChI is InChI=1S/C18H24N2O4S/c1-12-4-2-7-15(8-12)25(22,23)20-10-14-9-16(17(11-20)24-14)18(21)19-13-5-3-6-13/h2,4,7-8,13-14,16-17H,3,5-6,9-11H2,1H3,(H,19,21)/t14-,16+,17-/m0/s1. The SMILES string of the molecule is Cc1cccc(S(=O)(=O)N2C[C@@H]3C[C@@H](C(=O)NC4CCC4)[C@H](C2)O3)c1. The van der Waals surface area contributed by atoms with Crippen LogP contribution in [0.1, 0.15) is 31.2 Å². The van der Waals surface area contributed by atoms with Crippen LogP contribution in [-0.4, -0.2) is 50.0 Å². The van der Waals surface area contributed by atoms with Crippen molar-refractivity contribution in [1.29, 1.82) is 0 Å². The fourth-order valence-corrected chi connectivity index (χ4v) is 5.47. The predicted molar refractivity (Wildman–Crippen MR) is 92.5 cm³/mol. The third-order valence-corrected chi connectivity index (χ3v) is 7.37. The highest BCUT2D eigenvalue weighted by molar-refractivity contribution is 7.89. The van der Waals surface area contributed by atoms with E-state index in [-0.39, 0.29) is 30.6 Å². The van der Waals surface area contributed by atoms with Crippen LogP contribution in [0, 0.1) is 12.8 Å². The number of ether oxygens (including phenoxy) is 1. The number of aryl methyl sites for hydroxylation is 1. The highest BCUT2D eigenvalue weighted by atomic mass is 32.2. The fraction of sp³-hybridized carbons (Fsp3) is 0.611. The monoisotopic (exact) mass is 364 g/mol. The molecule has 3 atom stereocenters. The molecule has 4 rings (SSSR count). The Labute approximate surface area is 148 Å². The quantitative estimate of drug-likeness (QED) is 0.877. The van der Waals surface area contributed by atoms with Gasteiger partial charge in [0.15, 0.2) is 0 Å². The molecule has 0 unspecified atom stereocenters. The predicted octanol–water partition coefficient (Wildman–Crippen LogP) is 1.44. The van der Waals surface area contributed by atoms with Gasteiger partial charge in [0, 0.05) is 19.1 Å². The minimum Gasteiger partial charge on any atom is -0.371 e. The number of carbonyl (C=O) groups is 1. The number of morpholine rings is 1. The second-order valence-corrected chi connectivity index (χ2v) is 9.35. The maximum absolute atomic E-state index is 12.9. The van der Waals surface area contributed by atoms with Gasteiger partial charge in [-0.1, -0.05) is 12.1 Å². The number of hydrogen-bond donors (Lipinski definition) is 1. The maximum Gasteiger partial charge on any atom is 0.243 e. The molecule has 2 heterocycles. The number of benzene rings is 1. The van der Waals surface area contributed by atoms with Crippen LogP contribution in [0.5, 0.6) is 0 Å². The van der Waals surface area contributed by atoms with Gasteiger partial charge in [0.1, 0.15) is 0 Å². The zero-order valence-corrected chi connectivity index (χ0v) is 15.2. The van der Waals surface area contributed by atoms with E-state index in [1.165, 1.54) is 10.7 Å².